The standard InChI is InChI=1S/C49H33N3O2/c1-3-35(49-51-47(32-17-8-5-9-18-32)50-48(52-49)33-25-26-44-40(27-33)38-19-10-12-23-42(38)53-44)36-21-14-22-37(30(36)2)41-28-34(31-15-6-4-7-16-31)29-45-46(41)39-20-11-13-24-43(39)54-45/h3-29H,1-2H3/b35-3+. The number of nitrogens with zero attached hydrogens (tertiary/aromatic N) is 3. The van der Waals surface area contributed by atoms with Gasteiger partial charge in [-0.1, -0.05) is 121 Å². The minimum absolute atomic E-state index is 0.598. The van der Waals surface area contributed by atoms with Crippen LogP contribution in [0.2, 0.25) is 0 Å². The van der Waals surface area contributed by atoms with Crippen molar-refractivity contribution in [1.29, 1.82) is 0 Å². The molecule has 3 heterocycles. The number of aromatic nitrogens is 3. The molecule has 0 saturated carbocycles. The molecule has 0 spiro atoms. The first-order valence-corrected chi connectivity index (χ1v) is 18.1. The second-order valence-electron chi connectivity index (χ2n) is 13.5. The van der Waals surface area contributed by atoms with Crippen molar-refractivity contribution in [2.75, 3.05) is 0 Å². The van der Waals surface area contributed by atoms with Crippen LogP contribution in [0.5, 0.6) is 0 Å². The summed E-state index contributed by atoms with van der Waals surface area (Å²) in [5.41, 5.74) is 12.8. The Balaban J connectivity index is 1.16. The van der Waals surface area contributed by atoms with Crippen LogP contribution in [-0.4, -0.2) is 15.0 Å². The summed E-state index contributed by atoms with van der Waals surface area (Å²) in [6.07, 6.45) is 2.11. The topological polar surface area (TPSA) is 65.0 Å². The van der Waals surface area contributed by atoms with E-state index in [4.69, 9.17) is 23.8 Å². The van der Waals surface area contributed by atoms with E-state index in [1.54, 1.807) is 0 Å². The van der Waals surface area contributed by atoms with Crippen LogP contribution in [0.15, 0.2) is 173 Å². The number of furan rings is 2. The second kappa shape index (κ2) is 12.8. The van der Waals surface area contributed by atoms with E-state index in [1.807, 2.05) is 78.9 Å². The molecule has 256 valence electrons. The van der Waals surface area contributed by atoms with E-state index in [-0.39, 0.29) is 0 Å². The van der Waals surface area contributed by atoms with E-state index in [2.05, 4.69) is 98.8 Å². The molecule has 5 heteroatoms. The summed E-state index contributed by atoms with van der Waals surface area (Å²) in [5.74, 6) is 1.82. The average Bonchev–Trinajstić information content (AvgIpc) is 3.80. The monoisotopic (exact) mass is 695 g/mol. The van der Waals surface area contributed by atoms with E-state index in [0.29, 0.717) is 17.5 Å². The van der Waals surface area contributed by atoms with Gasteiger partial charge in [-0.2, -0.15) is 0 Å². The first kappa shape index (κ1) is 31.6. The first-order valence-electron chi connectivity index (χ1n) is 18.1. The molecule has 54 heavy (non-hydrogen) atoms. The zero-order chi connectivity index (χ0) is 36.2. The number of para-hydroxylation sites is 2. The maximum absolute atomic E-state index is 6.50. The molecular weight excluding hydrogens is 663 g/mol. The van der Waals surface area contributed by atoms with Crippen molar-refractivity contribution in [2.45, 2.75) is 13.8 Å². The van der Waals surface area contributed by atoms with Crippen molar-refractivity contribution >= 4 is 49.5 Å². The fourth-order valence-electron chi connectivity index (χ4n) is 7.70. The highest BCUT2D eigenvalue weighted by molar-refractivity contribution is 6.14. The molecule has 0 fully saturated rings. The lowest BCUT2D eigenvalue weighted by atomic mass is 9.88. The number of allylic oxidation sites excluding steroid dienone is 1. The summed E-state index contributed by atoms with van der Waals surface area (Å²) >= 11 is 0. The fourth-order valence-corrected chi connectivity index (χ4v) is 7.70. The number of hydrogen-bond donors (Lipinski definition) is 0. The van der Waals surface area contributed by atoms with Gasteiger partial charge in [-0.3, -0.25) is 0 Å². The van der Waals surface area contributed by atoms with Gasteiger partial charge in [-0.05, 0) is 89.7 Å². The number of hydrogen-bond acceptors (Lipinski definition) is 5. The van der Waals surface area contributed by atoms with E-state index in [0.717, 1.165) is 94.0 Å². The first-order chi connectivity index (χ1) is 26.6. The number of fused-ring (bicyclic) bond motifs is 6. The molecular formula is C49H33N3O2. The SMILES string of the molecule is C/C=C(/c1nc(-c2ccccc2)nc(-c2ccc3oc4ccccc4c3c2)n1)c1cccc(-c2cc(-c3ccccc3)cc3oc4ccccc4c23)c1C. The van der Waals surface area contributed by atoms with Crippen molar-refractivity contribution in [1.82, 2.24) is 15.0 Å². The minimum Gasteiger partial charge on any atom is -0.456 e. The van der Waals surface area contributed by atoms with Gasteiger partial charge in [0, 0.05) is 38.2 Å². The molecule has 0 amide bonds. The number of benzene rings is 7. The lowest BCUT2D eigenvalue weighted by Crippen LogP contribution is -2.05. The van der Waals surface area contributed by atoms with Crippen molar-refractivity contribution in [3.63, 3.8) is 0 Å². The summed E-state index contributed by atoms with van der Waals surface area (Å²) in [7, 11) is 0. The van der Waals surface area contributed by atoms with Gasteiger partial charge in [0.15, 0.2) is 17.5 Å². The molecule has 0 aliphatic rings. The maximum atomic E-state index is 6.50. The Morgan fingerprint density at radius 3 is 1.85 bits per heavy atom. The van der Waals surface area contributed by atoms with Crippen LogP contribution >= 0.6 is 0 Å². The molecule has 0 unspecified atom stereocenters. The van der Waals surface area contributed by atoms with Crippen LogP contribution in [0.4, 0.5) is 0 Å². The van der Waals surface area contributed by atoms with Gasteiger partial charge in [-0.15, -0.1) is 0 Å². The molecule has 10 aromatic rings. The van der Waals surface area contributed by atoms with Crippen LogP contribution in [0.25, 0.3) is 94.5 Å². The van der Waals surface area contributed by atoms with Crippen LogP contribution in [0.1, 0.15) is 23.9 Å². The van der Waals surface area contributed by atoms with Crippen LogP contribution in [-0.2, 0) is 0 Å². The van der Waals surface area contributed by atoms with Crippen molar-refractivity contribution in [3.8, 4) is 45.0 Å². The van der Waals surface area contributed by atoms with Gasteiger partial charge in [-0.25, -0.2) is 15.0 Å². The van der Waals surface area contributed by atoms with Gasteiger partial charge in [0.25, 0.3) is 0 Å². The zero-order valence-corrected chi connectivity index (χ0v) is 29.7. The quantitative estimate of drug-likeness (QED) is 0.173. The molecule has 0 aliphatic heterocycles. The normalized spacial score (nSPS) is 12.0. The Morgan fingerprint density at radius 1 is 0.463 bits per heavy atom. The zero-order valence-electron chi connectivity index (χ0n) is 29.7. The highest BCUT2D eigenvalue weighted by Crippen LogP contribution is 2.42. The summed E-state index contributed by atoms with van der Waals surface area (Å²) in [6.45, 7) is 4.24. The van der Waals surface area contributed by atoms with Gasteiger partial charge < -0.3 is 8.83 Å². The van der Waals surface area contributed by atoms with Crippen LogP contribution in [0.3, 0.4) is 0 Å². The third-order valence-electron chi connectivity index (χ3n) is 10.3. The fraction of sp³-hybridized carbons (Fsp3) is 0.0408. The van der Waals surface area contributed by atoms with Crippen LogP contribution in [0, 0.1) is 6.92 Å². The largest absolute Gasteiger partial charge is 0.456 e. The number of rotatable bonds is 6. The Labute approximate surface area is 311 Å². The summed E-state index contributed by atoms with van der Waals surface area (Å²) < 4.78 is 12.6. The highest BCUT2D eigenvalue weighted by atomic mass is 16.3. The Kier molecular flexibility index (Phi) is 7.51. The molecule has 0 saturated heterocycles. The lowest BCUT2D eigenvalue weighted by molar-refractivity contribution is 0.668. The van der Waals surface area contributed by atoms with Crippen molar-refractivity contribution < 1.29 is 8.83 Å². The summed E-state index contributed by atoms with van der Waals surface area (Å²) in [5, 5.41) is 4.28. The third-order valence-corrected chi connectivity index (χ3v) is 10.3. The van der Waals surface area contributed by atoms with Crippen molar-refractivity contribution in [2.24, 2.45) is 0 Å². The smallest absolute Gasteiger partial charge is 0.164 e. The Morgan fingerprint density at radius 2 is 1.09 bits per heavy atom. The van der Waals surface area contributed by atoms with E-state index in [1.165, 1.54) is 0 Å². The molecule has 0 atom stereocenters. The summed E-state index contributed by atoms with van der Waals surface area (Å²) in [4.78, 5) is 15.4. The minimum atomic E-state index is 0.598. The third kappa shape index (κ3) is 5.29. The Hall–Kier alpha value is -7.11. The van der Waals surface area contributed by atoms with Crippen LogP contribution < -0.4 is 0 Å². The van der Waals surface area contributed by atoms with E-state index >= 15 is 0 Å². The molecule has 0 radical (unpaired) electrons. The molecule has 3 aromatic heterocycles. The predicted octanol–water partition coefficient (Wildman–Crippen LogP) is 13.1. The Bertz CT molecular complexity index is 3070. The molecule has 5 nitrogen and oxygen atoms in total. The van der Waals surface area contributed by atoms with Gasteiger partial charge in [0.1, 0.15) is 22.3 Å². The molecule has 0 N–H and O–H groups in total. The van der Waals surface area contributed by atoms with Gasteiger partial charge >= 0.3 is 0 Å². The van der Waals surface area contributed by atoms with Gasteiger partial charge in [0.05, 0.1) is 0 Å². The highest BCUT2D eigenvalue weighted by Gasteiger charge is 2.21. The van der Waals surface area contributed by atoms with E-state index in [9.17, 15) is 0 Å². The van der Waals surface area contributed by atoms with Gasteiger partial charge in [0.2, 0.25) is 0 Å². The molecule has 0 aliphatic carbocycles. The molecule has 0 bridgehead atoms. The second-order valence-corrected chi connectivity index (χ2v) is 13.5. The lowest BCUT2D eigenvalue weighted by Gasteiger charge is -2.17. The summed E-state index contributed by atoms with van der Waals surface area (Å²) in [6, 6.07) is 54.1. The van der Waals surface area contributed by atoms with Crippen molar-refractivity contribution in [3.05, 3.63) is 181 Å². The molecule has 10 rings (SSSR count). The average molecular weight is 696 g/mol. The predicted molar refractivity (Wildman–Crippen MR) is 220 cm³/mol. The molecule has 7 aromatic carbocycles. The maximum Gasteiger partial charge on any atom is 0.164 e. The van der Waals surface area contributed by atoms with E-state index < -0.39 is 0 Å².